The van der Waals surface area contributed by atoms with E-state index in [9.17, 15) is 10.5 Å². The lowest BCUT2D eigenvalue weighted by molar-refractivity contribution is -0.0461. The molecular formula is C48H38Cl2N8O6. The second kappa shape index (κ2) is 19.2. The molecule has 0 bridgehead atoms. The maximum Gasteiger partial charge on any atom is 0.187 e. The summed E-state index contributed by atoms with van der Waals surface area (Å²) in [6.45, 7) is 2.76. The zero-order valence-electron chi connectivity index (χ0n) is 34.1. The lowest BCUT2D eigenvalue weighted by atomic mass is 9.96. The number of anilines is 1. The molecule has 0 aliphatic carbocycles. The molecule has 0 spiro atoms. The Balaban J connectivity index is 0.974. The van der Waals surface area contributed by atoms with Gasteiger partial charge < -0.3 is 39.1 Å². The molecule has 2 saturated heterocycles. The first-order valence-electron chi connectivity index (χ1n) is 20.3. The normalized spacial score (nSPS) is 14.1. The molecule has 9 rings (SSSR count). The number of rotatable bonds is 15. The molecule has 5 heterocycles. The standard InChI is InChI=1S/C48H38Cl2N8O6/c49-41-15-37(47-59-7-8-60-47)45(63-27-31-11-29(17-51)20-54-22-31)13-33(41)24-56-43-5-1-3-35(39(43)19-53)36-4-2-6-44-40(36)25-57-58(44)26-34-14-46(38(16-42(34)50)48-61-9-10-62-48)64-28-32-12-30(18-52)21-55-23-32/h1-6,11-16,19-23,25,47-48,53,56H,7-10,24,26-28H2. The van der Waals surface area contributed by atoms with Gasteiger partial charge in [-0.3, -0.25) is 14.6 Å². The van der Waals surface area contributed by atoms with E-state index in [1.165, 1.54) is 18.6 Å². The number of fused-ring (bicyclic) bond motifs is 1. The number of hydrogen-bond donors (Lipinski definition) is 2. The van der Waals surface area contributed by atoms with Crippen molar-refractivity contribution in [3.63, 3.8) is 0 Å². The van der Waals surface area contributed by atoms with Crippen molar-refractivity contribution in [1.82, 2.24) is 19.7 Å². The van der Waals surface area contributed by atoms with Crippen LogP contribution in [-0.2, 0) is 45.3 Å². The summed E-state index contributed by atoms with van der Waals surface area (Å²) in [6, 6.07) is 26.8. The van der Waals surface area contributed by atoms with Crippen LogP contribution in [-0.4, -0.2) is 52.4 Å². The minimum atomic E-state index is -0.634. The molecule has 0 saturated carbocycles. The van der Waals surface area contributed by atoms with E-state index < -0.39 is 12.6 Å². The quantitative estimate of drug-likeness (QED) is 0.0932. The van der Waals surface area contributed by atoms with Gasteiger partial charge in [-0.15, -0.1) is 0 Å². The highest BCUT2D eigenvalue weighted by molar-refractivity contribution is 6.31. The Morgan fingerprint density at radius 3 is 1.88 bits per heavy atom. The Labute approximate surface area is 377 Å². The van der Waals surface area contributed by atoms with E-state index >= 15 is 0 Å². The monoisotopic (exact) mass is 892 g/mol. The Kier molecular flexibility index (Phi) is 12.8. The first kappa shape index (κ1) is 42.4. The number of nitrogens with zero attached hydrogens (tertiary/aromatic N) is 6. The van der Waals surface area contributed by atoms with Crippen LogP contribution in [0.25, 0.3) is 22.0 Å². The highest BCUT2D eigenvalue weighted by atomic mass is 35.5. The van der Waals surface area contributed by atoms with Crippen LogP contribution in [0, 0.1) is 28.1 Å². The number of aromatic nitrogens is 4. The minimum Gasteiger partial charge on any atom is -0.488 e. The fourth-order valence-corrected chi connectivity index (χ4v) is 8.15. The van der Waals surface area contributed by atoms with Crippen LogP contribution >= 0.6 is 23.2 Å². The Bertz CT molecular complexity index is 2950. The third kappa shape index (κ3) is 9.11. The van der Waals surface area contributed by atoms with Gasteiger partial charge in [-0.25, -0.2) is 0 Å². The summed E-state index contributed by atoms with van der Waals surface area (Å²) in [7, 11) is 0. The number of hydrogen-bond acceptors (Lipinski definition) is 13. The first-order chi connectivity index (χ1) is 31.4. The molecule has 64 heavy (non-hydrogen) atoms. The summed E-state index contributed by atoms with van der Waals surface area (Å²) in [5, 5.41) is 37.5. The van der Waals surface area contributed by atoms with Crippen molar-refractivity contribution in [3.05, 3.63) is 164 Å². The molecule has 0 unspecified atom stereocenters. The average molecular weight is 894 g/mol. The van der Waals surface area contributed by atoms with Crippen molar-refractivity contribution >= 4 is 46.0 Å². The molecule has 4 aromatic carbocycles. The molecule has 0 radical (unpaired) electrons. The van der Waals surface area contributed by atoms with E-state index in [0.717, 1.165) is 50.0 Å². The van der Waals surface area contributed by atoms with Gasteiger partial charge in [-0.2, -0.15) is 15.6 Å². The number of nitriles is 2. The third-order valence-electron chi connectivity index (χ3n) is 10.8. The fraction of sp³-hybridized carbons (Fsp3) is 0.208. The van der Waals surface area contributed by atoms with Crippen molar-refractivity contribution < 1.29 is 28.4 Å². The van der Waals surface area contributed by atoms with Gasteiger partial charge >= 0.3 is 0 Å². The molecular weight excluding hydrogens is 855 g/mol. The lowest BCUT2D eigenvalue weighted by Gasteiger charge is -2.19. The predicted octanol–water partition coefficient (Wildman–Crippen LogP) is 9.45. The molecule has 0 amide bonds. The second-order valence-corrected chi connectivity index (χ2v) is 15.7. The summed E-state index contributed by atoms with van der Waals surface area (Å²) in [4.78, 5) is 8.31. The van der Waals surface area contributed by atoms with E-state index in [1.54, 1.807) is 36.7 Å². The second-order valence-electron chi connectivity index (χ2n) is 14.9. The van der Waals surface area contributed by atoms with Crippen LogP contribution in [0.1, 0.15) is 62.7 Å². The minimum absolute atomic E-state index is 0.164. The van der Waals surface area contributed by atoms with Gasteiger partial charge in [-0.1, -0.05) is 47.5 Å². The van der Waals surface area contributed by atoms with E-state index in [-0.39, 0.29) is 13.2 Å². The maximum absolute atomic E-state index is 9.36. The van der Waals surface area contributed by atoms with Crippen molar-refractivity contribution in [1.29, 1.82) is 15.9 Å². The number of pyridine rings is 2. The third-order valence-corrected chi connectivity index (χ3v) is 11.5. The van der Waals surface area contributed by atoms with Crippen LogP contribution in [0.15, 0.2) is 104 Å². The van der Waals surface area contributed by atoms with Crippen LogP contribution in [0.2, 0.25) is 10.0 Å². The van der Waals surface area contributed by atoms with Gasteiger partial charge in [0.05, 0.1) is 66.9 Å². The first-order valence-corrected chi connectivity index (χ1v) is 21.0. The largest absolute Gasteiger partial charge is 0.488 e. The fourth-order valence-electron chi connectivity index (χ4n) is 7.68. The van der Waals surface area contributed by atoms with Crippen LogP contribution in [0.5, 0.6) is 11.5 Å². The summed E-state index contributed by atoms with van der Waals surface area (Å²) >= 11 is 13.8. The van der Waals surface area contributed by atoms with Crippen molar-refractivity contribution in [2.24, 2.45) is 0 Å². The topological polar surface area (TPSA) is 182 Å². The number of benzene rings is 4. The van der Waals surface area contributed by atoms with E-state index in [0.29, 0.717) is 88.9 Å². The zero-order chi connectivity index (χ0) is 44.0. The van der Waals surface area contributed by atoms with Crippen LogP contribution in [0.3, 0.4) is 0 Å². The van der Waals surface area contributed by atoms with Crippen molar-refractivity contribution in [2.75, 3.05) is 31.7 Å². The van der Waals surface area contributed by atoms with Crippen molar-refractivity contribution in [2.45, 2.75) is 38.9 Å². The van der Waals surface area contributed by atoms with Gasteiger partial charge in [0.1, 0.15) is 36.9 Å². The SMILES string of the molecule is N#Cc1cncc(COc2cc(CNc3cccc(-c4cccc5c4cnn5Cc4cc(OCc5cncc(C#N)c5)c(C5OCCO5)cc4Cl)c3C=N)c(Cl)cc2C2OCCO2)c1. The Morgan fingerprint density at radius 2 is 1.28 bits per heavy atom. The van der Waals surface area contributed by atoms with E-state index in [2.05, 4.69) is 27.4 Å². The Morgan fingerprint density at radius 1 is 0.719 bits per heavy atom. The number of halogens is 2. The summed E-state index contributed by atoms with van der Waals surface area (Å²) in [5.74, 6) is 1.06. The van der Waals surface area contributed by atoms with Crippen molar-refractivity contribution in [3.8, 4) is 34.8 Å². The summed E-state index contributed by atoms with van der Waals surface area (Å²) in [6.07, 6.45) is 8.21. The molecule has 3 aromatic heterocycles. The van der Waals surface area contributed by atoms with Gasteiger partial charge in [0.15, 0.2) is 12.6 Å². The van der Waals surface area contributed by atoms with E-state index in [4.69, 9.17) is 62.1 Å². The van der Waals surface area contributed by atoms with E-state index in [1.807, 2.05) is 59.4 Å². The lowest BCUT2D eigenvalue weighted by Crippen LogP contribution is -2.08. The molecule has 0 atom stereocenters. The summed E-state index contributed by atoms with van der Waals surface area (Å²) < 4.78 is 37.7. The van der Waals surface area contributed by atoms with Gasteiger partial charge in [-0.05, 0) is 70.8 Å². The highest BCUT2D eigenvalue weighted by Crippen LogP contribution is 2.40. The molecule has 2 aliphatic rings. The highest BCUT2D eigenvalue weighted by Gasteiger charge is 2.26. The van der Waals surface area contributed by atoms with Gasteiger partial charge in [0.2, 0.25) is 0 Å². The predicted molar refractivity (Wildman–Crippen MR) is 238 cm³/mol. The van der Waals surface area contributed by atoms with Crippen LogP contribution in [0.4, 0.5) is 5.69 Å². The molecule has 2 fully saturated rings. The molecule has 320 valence electrons. The molecule has 16 heteroatoms. The Hall–Kier alpha value is -6.88. The number of ether oxygens (including phenoxy) is 6. The van der Waals surface area contributed by atoms with Crippen LogP contribution < -0.4 is 14.8 Å². The molecule has 2 aliphatic heterocycles. The zero-order valence-corrected chi connectivity index (χ0v) is 35.6. The molecule has 7 aromatic rings. The molecule has 2 N–H and O–H groups in total. The average Bonchev–Trinajstić information content (AvgIpc) is 4.15. The van der Waals surface area contributed by atoms with Gasteiger partial charge in [0, 0.05) is 75.4 Å². The van der Waals surface area contributed by atoms with Gasteiger partial charge in [0.25, 0.3) is 0 Å². The maximum atomic E-state index is 9.36. The number of nitrogens with one attached hydrogen (secondary N) is 2. The summed E-state index contributed by atoms with van der Waals surface area (Å²) in [5.41, 5.74) is 9.18. The molecule has 14 nitrogen and oxygen atoms in total. The smallest absolute Gasteiger partial charge is 0.187 e.